The largest absolute Gasteiger partial charge is 0.461 e. The third-order valence-electron chi connectivity index (χ3n) is 7.80. The zero-order valence-corrected chi connectivity index (χ0v) is 20.4. The number of hydrogen-bond donors (Lipinski definition) is 1. The van der Waals surface area contributed by atoms with Crippen LogP contribution in [0.25, 0.3) is 17.4 Å². The number of amides is 2. The number of aromatic nitrogens is 5. The molecule has 2 N–H and O–H groups in total. The molecule has 3 aliphatic rings. The Kier molecular flexibility index (Phi) is 5.68. The van der Waals surface area contributed by atoms with E-state index in [1.54, 1.807) is 21.9 Å². The number of nitrogen functional groups attached to an aromatic ring is 1. The normalized spacial score (nSPS) is 21.7. The second-order valence-electron chi connectivity index (χ2n) is 9.91. The molecule has 3 aromatic rings. The van der Waals surface area contributed by atoms with E-state index in [2.05, 4.69) is 20.1 Å². The van der Waals surface area contributed by atoms with Gasteiger partial charge in [0.15, 0.2) is 5.76 Å². The number of rotatable bonds is 4. The van der Waals surface area contributed by atoms with Crippen molar-refractivity contribution in [1.82, 2.24) is 34.4 Å². The maximum atomic E-state index is 13.6. The molecule has 0 aromatic carbocycles. The van der Waals surface area contributed by atoms with Gasteiger partial charge in [-0.25, -0.2) is 0 Å². The van der Waals surface area contributed by atoms with E-state index in [-0.39, 0.29) is 62.6 Å². The summed E-state index contributed by atoms with van der Waals surface area (Å²) in [5.41, 5.74) is 3.85. The van der Waals surface area contributed by atoms with Crippen molar-refractivity contribution in [2.45, 2.75) is 44.3 Å². The van der Waals surface area contributed by atoms with Crippen molar-refractivity contribution in [3.63, 3.8) is 0 Å². The van der Waals surface area contributed by atoms with Crippen LogP contribution in [-0.2, 0) is 9.59 Å². The van der Waals surface area contributed by atoms with Gasteiger partial charge in [-0.15, -0.1) is 5.10 Å². The van der Waals surface area contributed by atoms with E-state index >= 15 is 0 Å². The molecule has 3 aromatic heterocycles. The lowest BCUT2D eigenvalue weighted by Crippen LogP contribution is -2.61. The monoisotopic (exact) mass is 533 g/mol. The Balaban J connectivity index is 1.16. The molecule has 0 unspecified atom stereocenters. The summed E-state index contributed by atoms with van der Waals surface area (Å²) in [5, 5.41) is 4.28. The van der Waals surface area contributed by atoms with Crippen molar-refractivity contribution in [2.24, 2.45) is 5.41 Å². The van der Waals surface area contributed by atoms with E-state index < -0.39 is 23.5 Å². The molecular formula is C23H26F3N9O3. The third kappa shape index (κ3) is 3.82. The van der Waals surface area contributed by atoms with E-state index in [1.165, 1.54) is 15.7 Å². The number of anilines is 2. The Hall–Kier alpha value is -3.91. The van der Waals surface area contributed by atoms with E-state index in [4.69, 9.17) is 10.2 Å². The minimum atomic E-state index is -4.56. The lowest BCUT2D eigenvalue weighted by Gasteiger charge is -2.46. The Morgan fingerprint density at radius 1 is 1.03 bits per heavy atom. The molecule has 0 spiro atoms. The Morgan fingerprint density at radius 3 is 2.39 bits per heavy atom. The van der Waals surface area contributed by atoms with Crippen LogP contribution in [0.4, 0.5) is 25.1 Å². The van der Waals surface area contributed by atoms with Crippen molar-refractivity contribution in [1.29, 1.82) is 0 Å². The molecule has 5 heterocycles. The number of fused-ring (bicyclic) bond motifs is 1. The van der Waals surface area contributed by atoms with Gasteiger partial charge in [0.05, 0.1) is 6.26 Å². The summed E-state index contributed by atoms with van der Waals surface area (Å²) in [6.45, 7) is 1.00. The van der Waals surface area contributed by atoms with Crippen molar-refractivity contribution < 1.29 is 27.2 Å². The van der Waals surface area contributed by atoms with Crippen LogP contribution in [-0.4, -0.2) is 91.1 Å². The second kappa shape index (κ2) is 8.84. The number of nitrogens with zero attached hydrogens (tertiary/aromatic N) is 8. The van der Waals surface area contributed by atoms with E-state index in [1.807, 2.05) is 0 Å². The maximum absolute atomic E-state index is 13.6. The van der Waals surface area contributed by atoms with Crippen LogP contribution in [0.3, 0.4) is 0 Å². The highest BCUT2D eigenvalue weighted by molar-refractivity contribution is 5.87. The highest BCUT2D eigenvalue weighted by atomic mass is 19.4. The van der Waals surface area contributed by atoms with Gasteiger partial charge in [0.2, 0.25) is 29.5 Å². The summed E-state index contributed by atoms with van der Waals surface area (Å²) in [7, 11) is 0. The van der Waals surface area contributed by atoms with Gasteiger partial charge >= 0.3 is 6.18 Å². The van der Waals surface area contributed by atoms with Crippen LogP contribution < -0.4 is 10.6 Å². The van der Waals surface area contributed by atoms with Crippen LogP contribution in [0, 0.1) is 5.41 Å². The topological polar surface area (TPSA) is 139 Å². The first kappa shape index (κ1) is 24.4. The molecule has 2 amide bonds. The third-order valence-corrected chi connectivity index (χ3v) is 7.80. The van der Waals surface area contributed by atoms with Gasteiger partial charge in [0.25, 0.3) is 5.78 Å². The maximum Gasteiger partial charge on any atom is 0.403 e. The Bertz CT molecular complexity index is 1360. The van der Waals surface area contributed by atoms with Crippen LogP contribution in [0.2, 0.25) is 0 Å². The number of nitrogens with two attached hydrogens (primary N) is 1. The molecule has 2 saturated heterocycles. The number of halogens is 3. The molecule has 1 atom stereocenters. The summed E-state index contributed by atoms with van der Waals surface area (Å²) in [6.07, 6.45) is -1.73. The van der Waals surface area contributed by atoms with Crippen LogP contribution >= 0.6 is 0 Å². The average molecular weight is 534 g/mol. The van der Waals surface area contributed by atoms with Crippen LogP contribution in [0.15, 0.2) is 22.8 Å². The lowest BCUT2D eigenvalue weighted by molar-refractivity contribution is -0.249. The summed E-state index contributed by atoms with van der Waals surface area (Å²) in [6, 6.07) is 2.86. The van der Waals surface area contributed by atoms with Crippen LogP contribution in [0.1, 0.15) is 32.1 Å². The zero-order valence-electron chi connectivity index (χ0n) is 20.4. The fourth-order valence-electron chi connectivity index (χ4n) is 5.49. The second-order valence-corrected chi connectivity index (χ2v) is 9.91. The first-order valence-corrected chi connectivity index (χ1v) is 12.5. The molecular weight excluding hydrogens is 507 g/mol. The molecule has 0 radical (unpaired) electrons. The van der Waals surface area contributed by atoms with Crippen molar-refractivity contribution >= 4 is 29.5 Å². The number of alkyl halides is 3. The molecule has 0 bridgehead atoms. The minimum Gasteiger partial charge on any atom is -0.461 e. The fourth-order valence-corrected chi connectivity index (χ4v) is 5.49. The Labute approximate surface area is 214 Å². The van der Waals surface area contributed by atoms with Gasteiger partial charge < -0.3 is 24.9 Å². The van der Waals surface area contributed by atoms with E-state index in [0.29, 0.717) is 31.0 Å². The van der Waals surface area contributed by atoms with Gasteiger partial charge in [-0.1, -0.05) is 6.42 Å². The smallest absolute Gasteiger partial charge is 0.403 e. The molecule has 6 rings (SSSR count). The SMILES string of the molecule is Nc1nc(N2CCC[C@H]2C(=O)N2CCN(C(=O)C3(C(F)(F)F)CCC3)CC2)nc2nc(-c3ccco3)nn12. The summed E-state index contributed by atoms with van der Waals surface area (Å²) < 4.78 is 47.5. The molecule has 3 fully saturated rings. The quantitative estimate of drug-likeness (QED) is 0.531. The lowest BCUT2D eigenvalue weighted by atomic mass is 9.67. The van der Waals surface area contributed by atoms with E-state index in [0.717, 1.165) is 6.42 Å². The Morgan fingerprint density at radius 2 is 1.76 bits per heavy atom. The molecule has 38 heavy (non-hydrogen) atoms. The first-order chi connectivity index (χ1) is 18.2. The van der Waals surface area contributed by atoms with Gasteiger partial charge in [-0.2, -0.15) is 32.6 Å². The van der Waals surface area contributed by atoms with E-state index in [9.17, 15) is 22.8 Å². The van der Waals surface area contributed by atoms with Gasteiger partial charge in [-0.3, -0.25) is 9.59 Å². The van der Waals surface area contributed by atoms with Gasteiger partial charge in [-0.05, 0) is 37.8 Å². The fraction of sp³-hybridized carbons (Fsp3) is 0.565. The molecule has 15 heteroatoms. The predicted octanol–water partition coefficient (Wildman–Crippen LogP) is 1.73. The van der Waals surface area contributed by atoms with Crippen molar-refractivity contribution in [2.75, 3.05) is 43.4 Å². The number of carbonyl (C=O) groups excluding carboxylic acids is 2. The zero-order chi connectivity index (χ0) is 26.7. The highest BCUT2D eigenvalue weighted by Crippen LogP contribution is 2.54. The number of carbonyl (C=O) groups is 2. The molecule has 1 aliphatic carbocycles. The highest BCUT2D eigenvalue weighted by Gasteiger charge is 2.64. The first-order valence-electron chi connectivity index (χ1n) is 12.5. The predicted molar refractivity (Wildman–Crippen MR) is 127 cm³/mol. The molecule has 12 nitrogen and oxygen atoms in total. The standard InChI is InChI=1S/C23H26F3N9O3/c24-23(25,26)22(6-3-7-22)18(37)33-11-9-32(10-12-33)17(36)14-4-1-8-34(14)20-29-19(27)35-21(30-20)28-16(31-35)15-5-2-13-38-15/h2,5,13-14H,1,3-4,6-12H2,(H2,27,28,29,30,31)/t14-/m0/s1. The minimum absolute atomic E-state index is 0.0510. The van der Waals surface area contributed by atoms with Crippen LogP contribution in [0.5, 0.6) is 0 Å². The number of furan rings is 1. The number of piperazine rings is 1. The van der Waals surface area contributed by atoms with Crippen molar-refractivity contribution in [3.05, 3.63) is 18.4 Å². The average Bonchev–Trinajstić information content (AvgIpc) is 3.62. The molecule has 1 saturated carbocycles. The summed E-state index contributed by atoms with van der Waals surface area (Å²) in [5.74, 6) is 0.198. The summed E-state index contributed by atoms with van der Waals surface area (Å²) >= 11 is 0. The van der Waals surface area contributed by atoms with Gasteiger partial charge in [0, 0.05) is 32.7 Å². The molecule has 202 valence electrons. The summed E-state index contributed by atoms with van der Waals surface area (Å²) in [4.78, 5) is 44.1. The van der Waals surface area contributed by atoms with Gasteiger partial charge in [0.1, 0.15) is 11.5 Å². The number of hydrogen-bond acceptors (Lipinski definition) is 9. The van der Waals surface area contributed by atoms with Crippen molar-refractivity contribution in [3.8, 4) is 11.6 Å². The molecule has 2 aliphatic heterocycles.